The van der Waals surface area contributed by atoms with Crippen molar-refractivity contribution in [3.63, 3.8) is 0 Å². The van der Waals surface area contributed by atoms with Crippen molar-refractivity contribution in [1.82, 2.24) is 24.7 Å². The molecule has 1 aliphatic heterocycles. The van der Waals surface area contributed by atoms with E-state index >= 15 is 0 Å². The molecule has 21 heavy (non-hydrogen) atoms. The van der Waals surface area contributed by atoms with Crippen molar-refractivity contribution < 1.29 is 0 Å². The molecule has 0 aromatic carbocycles. The van der Waals surface area contributed by atoms with Crippen LogP contribution in [-0.2, 0) is 6.54 Å². The Morgan fingerprint density at radius 1 is 1.43 bits per heavy atom. The number of aryl methyl sites for hydroxylation is 1. The molecule has 1 aliphatic rings. The molecule has 2 aromatic heterocycles. The molecule has 1 atom stereocenters. The van der Waals surface area contributed by atoms with E-state index in [1.165, 1.54) is 6.33 Å². The standard InChI is InChI=1S/C13H18ClN7/c1-7(2)11-19-13-8(4-3-5-21(13)20-11)18-12-9(14)10(15)16-6-17-12/h6-8H,3-5H2,1-2H3,(H3,15,16,17,18)/t8-/m1/s1. The number of hydrogen-bond donors (Lipinski definition) is 2. The third kappa shape index (κ3) is 2.65. The van der Waals surface area contributed by atoms with Gasteiger partial charge in [-0.2, -0.15) is 5.10 Å². The Morgan fingerprint density at radius 3 is 3.00 bits per heavy atom. The van der Waals surface area contributed by atoms with Crippen LogP contribution in [0.1, 0.15) is 50.3 Å². The van der Waals surface area contributed by atoms with Crippen molar-refractivity contribution in [2.45, 2.75) is 45.2 Å². The second-order valence-electron chi connectivity index (χ2n) is 5.47. The lowest BCUT2D eigenvalue weighted by molar-refractivity contribution is 0.436. The highest BCUT2D eigenvalue weighted by molar-refractivity contribution is 6.35. The fourth-order valence-electron chi connectivity index (χ4n) is 2.40. The van der Waals surface area contributed by atoms with Crippen LogP contribution >= 0.6 is 11.6 Å². The number of hydrogen-bond acceptors (Lipinski definition) is 6. The van der Waals surface area contributed by atoms with E-state index in [9.17, 15) is 0 Å². The Bertz CT molecular complexity index is 652. The van der Waals surface area contributed by atoms with Gasteiger partial charge in [-0.1, -0.05) is 25.4 Å². The summed E-state index contributed by atoms with van der Waals surface area (Å²) >= 11 is 6.14. The summed E-state index contributed by atoms with van der Waals surface area (Å²) in [5.74, 6) is 2.92. The van der Waals surface area contributed by atoms with Gasteiger partial charge in [0.15, 0.2) is 11.6 Å². The molecule has 0 radical (unpaired) electrons. The van der Waals surface area contributed by atoms with Gasteiger partial charge in [0.05, 0.1) is 6.04 Å². The highest BCUT2D eigenvalue weighted by atomic mass is 35.5. The first-order chi connectivity index (χ1) is 10.1. The van der Waals surface area contributed by atoms with Crippen LogP contribution < -0.4 is 11.1 Å². The van der Waals surface area contributed by atoms with E-state index in [1.54, 1.807) is 0 Å². The van der Waals surface area contributed by atoms with Gasteiger partial charge in [0.2, 0.25) is 0 Å². The van der Waals surface area contributed by atoms with Gasteiger partial charge in [0.1, 0.15) is 23.0 Å². The third-order valence-corrected chi connectivity index (χ3v) is 3.91. The second-order valence-corrected chi connectivity index (χ2v) is 5.84. The molecule has 0 aliphatic carbocycles. The summed E-state index contributed by atoms with van der Waals surface area (Å²) in [7, 11) is 0. The van der Waals surface area contributed by atoms with Crippen LogP contribution in [0.4, 0.5) is 11.6 Å². The molecular weight excluding hydrogens is 290 g/mol. The largest absolute Gasteiger partial charge is 0.382 e. The van der Waals surface area contributed by atoms with E-state index in [-0.39, 0.29) is 11.9 Å². The van der Waals surface area contributed by atoms with Crippen LogP contribution in [0.15, 0.2) is 6.33 Å². The van der Waals surface area contributed by atoms with Crippen molar-refractivity contribution >= 4 is 23.2 Å². The molecule has 0 spiro atoms. The molecule has 0 amide bonds. The summed E-state index contributed by atoms with van der Waals surface area (Å²) in [5, 5.41) is 8.21. The van der Waals surface area contributed by atoms with Crippen LogP contribution in [0, 0.1) is 0 Å². The Hall–Kier alpha value is -1.89. The minimum Gasteiger partial charge on any atom is -0.382 e. The van der Waals surface area contributed by atoms with E-state index < -0.39 is 0 Å². The number of nitrogens with two attached hydrogens (primary N) is 1. The summed E-state index contributed by atoms with van der Waals surface area (Å²) < 4.78 is 1.97. The summed E-state index contributed by atoms with van der Waals surface area (Å²) in [6.45, 7) is 5.07. The number of anilines is 2. The van der Waals surface area contributed by atoms with Gasteiger partial charge < -0.3 is 11.1 Å². The van der Waals surface area contributed by atoms with Crippen molar-refractivity contribution in [2.75, 3.05) is 11.1 Å². The summed E-state index contributed by atoms with van der Waals surface area (Å²) in [5.41, 5.74) is 5.71. The van der Waals surface area contributed by atoms with Gasteiger partial charge >= 0.3 is 0 Å². The van der Waals surface area contributed by atoms with Gasteiger partial charge in [-0.15, -0.1) is 0 Å². The van der Waals surface area contributed by atoms with Gasteiger partial charge in [-0.05, 0) is 12.8 Å². The van der Waals surface area contributed by atoms with Crippen LogP contribution in [0.5, 0.6) is 0 Å². The molecule has 0 saturated carbocycles. The quantitative estimate of drug-likeness (QED) is 0.904. The van der Waals surface area contributed by atoms with Crippen LogP contribution in [0.25, 0.3) is 0 Å². The van der Waals surface area contributed by atoms with E-state index in [0.717, 1.165) is 31.0 Å². The first-order valence-electron chi connectivity index (χ1n) is 7.03. The van der Waals surface area contributed by atoms with Gasteiger partial charge in [0, 0.05) is 12.5 Å². The predicted molar refractivity (Wildman–Crippen MR) is 81.2 cm³/mol. The van der Waals surface area contributed by atoms with Crippen LogP contribution in [-0.4, -0.2) is 24.7 Å². The van der Waals surface area contributed by atoms with E-state index in [4.69, 9.17) is 17.3 Å². The fourth-order valence-corrected chi connectivity index (χ4v) is 2.55. The molecule has 8 heteroatoms. The first kappa shape index (κ1) is 14.1. The monoisotopic (exact) mass is 307 g/mol. The number of aromatic nitrogens is 5. The zero-order valence-corrected chi connectivity index (χ0v) is 12.8. The zero-order chi connectivity index (χ0) is 15.0. The van der Waals surface area contributed by atoms with E-state index in [1.807, 2.05) is 4.68 Å². The highest BCUT2D eigenvalue weighted by Gasteiger charge is 2.26. The maximum Gasteiger partial charge on any atom is 0.153 e. The molecule has 3 N–H and O–H groups in total. The Morgan fingerprint density at radius 2 is 2.24 bits per heavy atom. The van der Waals surface area contributed by atoms with Crippen LogP contribution in [0.3, 0.4) is 0 Å². The Balaban J connectivity index is 1.90. The molecule has 0 bridgehead atoms. The molecule has 3 rings (SSSR count). The average Bonchev–Trinajstić information content (AvgIpc) is 2.89. The Labute approximate surface area is 127 Å². The number of nitrogens with zero attached hydrogens (tertiary/aromatic N) is 5. The number of nitrogens with one attached hydrogen (secondary N) is 1. The summed E-state index contributed by atoms with van der Waals surface area (Å²) in [6.07, 6.45) is 3.39. The molecular formula is C13H18ClN7. The maximum absolute atomic E-state index is 6.14. The highest BCUT2D eigenvalue weighted by Crippen LogP contribution is 2.31. The number of fused-ring (bicyclic) bond motifs is 1. The fraction of sp³-hybridized carbons (Fsp3) is 0.538. The van der Waals surface area contributed by atoms with Crippen molar-refractivity contribution in [2.24, 2.45) is 0 Å². The van der Waals surface area contributed by atoms with Crippen molar-refractivity contribution in [3.8, 4) is 0 Å². The molecule has 112 valence electrons. The second kappa shape index (κ2) is 5.48. The van der Waals surface area contributed by atoms with Gasteiger partial charge in [0.25, 0.3) is 0 Å². The minimum atomic E-state index is 0.0329. The molecule has 3 heterocycles. The normalized spacial score (nSPS) is 17.8. The molecule has 7 nitrogen and oxygen atoms in total. The molecule has 0 fully saturated rings. The maximum atomic E-state index is 6.14. The lowest BCUT2D eigenvalue weighted by Crippen LogP contribution is -2.23. The molecule has 2 aromatic rings. The zero-order valence-electron chi connectivity index (χ0n) is 12.0. The van der Waals surface area contributed by atoms with E-state index in [0.29, 0.717) is 16.8 Å². The van der Waals surface area contributed by atoms with Gasteiger partial charge in [-0.25, -0.2) is 19.6 Å². The predicted octanol–water partition coefficient (Wildman–Crippen LogP) is 2.37. The lowest BCUT2D eigenvalue weighted by atomic mass is 10.1. The third-order valence-electron chi connectivity index (χ3n) is 3.53. The SMILES string of the molecule is CC(C)c1nc2n(n1)CCC[C@H]2Nc1ncnc(N)c1Cl. The minimum absolute atomic E-state index is 0.0329. The van der Waals surface area contributed by atoms with E-state index in [2.05, 4.69) is 39.2 Å². The molecule has 0 saturated heterocycles. The average molecular weight is 308 g/mol. The number of rotatable bonds is 3. The van der Waals surface area contributed by atoms with Gasteiger partial charge in [-0.3, -0.25) is 0 Å². The lowest BCUT2D eigenvalue weighted by Gasteiger charge is -2.23. The first-order valence-corrected chi connectivity index (χ1v) is 7.41. The summed E-state index contributed by atoms with van der Waals surface area (Å²) in [4.78, 5) is 12.7. The number of halogens is 1. The molecule has 0 unspecified atom stereocenters. The topological polar surface area (TPSA) is 94.5 Å². The Kier molecular flexibility index (Phi) is 3.67. The van der Waals surface area contributed by atoms with Crippen LogP contribution in [0.2, 0.25) is 5.02 Å². The smallest absolute Gasteiger partial charge is 0.153 e. The summed E-state index contributed by atoms with van der Waals surface area (Å²) in [6, 6.07) is 0.0329. The van der Waals surface area contributed by atoms with Crippen molar-refractivity contribution in [1.29, 1.82) is 0 Å². The van der Waals surface area contributed by atoms with Crippen molar-refractivity contribution in [3.05, 3.63) is 23.0 Å². The number of nitrogen functional groups attached to an aromatic ring is 1.